The molecule has 17 heavy (non-hydrogen) atoms. The van der Waals surface area contributed by atoms with E-state index < -0.39 is 11.2 Å². The maximum atomic E-state index is 11.2. The Kier molecular flexibility index (Phi) is 3.01. The lowest BCUT2D eigenvalue weighted by Gasteiger charge is -2.05. The zero-order valence-corrected chi connectivity index (χ0v) is 9.67. The number of H-pyrrole nitrogens is 2. The van der Waals surface area contributed by atoms with Gasteiger partial charge in [0.05, 0.1) is 17.8 Å². The van der Waals surface area contributed by atoms with E-state index in [2.05, 4.69) is 9.97 Å². The molecule has 1 heterocycles. The third-order valence-electron chi connectivity index (χ3n) is 2.22. The molecule has 88 valence electrons. The number of nitrogens with one attached hydrogen (secondary N) is 2. The van der Waals surface area contributed by atoms with Crippen molar-refractivity contribution in [3.63, 3.8) is 0 Å². The van der Waals surface area contributed by atoms with E-state index in [4.69, 9.17) is 16.3 Å². The first-order valence-electron chi connectivity index (χ1n) is 4.77. The van der Waals surface area contributed by atoms with E-state index in [1.165, 1.54) is 13.2 Å². The Morgan fingerprint density at radius 1 is 1.18 bits per heavy atom. The second-order valence-corrected chi connectivity index (χ2v) is 3.76. The molecular weight excluding hydrogens is 244 g/mol. The Morgan fingerprint density at radius 2 is 1.94 bits per heavy atom. The van der Waals surface area contributed by atoms with Gasteiger partial charge < -0.3 is 9.72 Å². The van der Waals surface area contributed by atoms with E-state index in [-0.39, 0.29) is 0 Å². The number of rotatable bonds is 2. The van der Waals surface area contributed by atoms with Gasteiger partial charge in [-0.15, -0.1) is 0 Å². The predicted octanol–water partition coefficient (Wildman–Crippen LogP) is 1.39. The van der Waals surface area contributed by atoms with E-state index in [0.717, 1.165) is 0 Å². The number of hydrogen-bond donors (Lipinski definition) is 2. The number of halogens is 1. The summed E-state index contributed by atoms with van der Waals surface area (Å²) in [7, 11) is 1.51. The topological polar surface area (TPSA) is 75.0 Å². The molecule has 0 saturated heterocycles. The molecule has 1 aromatic heterocycles. The van der Waals surface area contributed by atoms with Crippen molar-refractivity contribution >= 4 is 11.6 Å². The van der Waals surface area contributed by atoms with Crippen molar-refractivity contribution < 1.29 is 4.74 Å². The van der Waals surface area contributed by atoms with Crippen LogP contribution in [-0.2, 0) is 0 Å². The van der Waals surface area contributed by atoms with Crippen LogP contribution in [0.25, 0.3) is 11.3 Å². The lowest BCUT2D eigenvalue weighted by Crippen LogP contribution is -2.21. The summed E-state index contributed by atoms with van der Waals surface area (Å²) in [4.78, 5) is 26.9. The SMILES string of the molecule is COc1ccc(-c2cc(=O)[nH]c(=O)[nH]2)cc1Cl. The zero-order chi connectivity index (χ0) is 12.4. The molecule has 6 heteroatoms. The van der Waals surface area contributed by atoms with Crippen molar-refractivity contribution in [2.75, 3.05) is 7.11 Å². The Hall–Kier alpha value is -2.01. The summed E-state index contributed by atoms with van der Waals surface area (Å²) < 4.78 is 5.01. The third kappa shape index (κ3) is 2.39. The average molecular weight is 253 g/mol. The fourth-order valence-electron chi connectivity index (χ4n) is 1.46. The van der Waals surface area contributed by atoms with Crippen LogP contribution in [0.2, 0.25) is 5.02 Å². The van der Waals surface area contributed by atoms with E-state index in [1.807, 2.05) is 0 Å². The Balaban J connectivity index is 2.57. The average Bonchev–Trinajstić information content (AvgIpc) is 2.27. The molecule has 0 saturated carbocycles. The first-order chi connectivity index (χ1) is 8.10. The van der Waals surface area contributed by atoms with Gasteiger partial charge in [-0.3, -0.25) is 9.78 Å². The normalized spacial score (nSPS) is 10.2. The largest absolute Gasteiger partial charge is 0.495 e. The Morgan fingerprint density at radius 3 is 2.53 bits per heavy atom. The molecular formula is C11H9ClN2O3. The van der Waals surface area contributed by atoms with Crippen LogP contribution in [0.1, 0.15) is 0 Å². The van der Waals surface area contributed by atoms with Gasteiger partial charge in [0.25, 0.3) is 5.56 Å². The Labute approximate surface area is 101 Å². The van der Waals surface area contributed by atoms with Crippen molar-refractivity contribution in [2.45, 2.75) is 0 Å². The van der Waals surface area contributed by atoms with Crippen LogP contribution >= 0.6 is 11.6 Å². The van der Waals surface area contributed by atoms with Crippen LogP contribution in [0, 0.1) is 0 Å². The molecule has 0 aliphatic heterocycles. The molecule has 0 spiro atoms. The van der Waals surface area contributed by atoms with Gasteiger partial charge in [-0.2, -0.15) is 0 Å². The molecule has 0 radical (unpaired) electrons. The molecule has 2 rings (SSSR count). The van der Waals surface area contributed by atoms with Crippen LogP contribution in [0.5, 0.6) is 5.75 Å². The van der Waals surface area contributed by atoms with Gasteiger partial charge in [0.2, 0.25) is 0 Å². The first-order valence-corrected chi connectivity index (χ1v) is 5.15. The molecule has 0 fully saturated rings. The number of benzene rings is 1. The molecule has 0 bridgehead atoms. The smallest absolute Gasteiger partial charge is 0.326 e. The highest BCUT2D eigenvalue weighted by molar-refractivity contribution is 6.32. The van der Waals surface area contributed by atoms with Crippen LogP contribution < -0.4 is 16.0 Å². The summed E-state index contributed by atoms with van der Waals surface area (Å²) in [5.41, 5.74) is 0.0254. The van der Waals surface area contributed by atoms with E-state index in [9.17, 15) is 9.59 Å². The summed E-state index contributed by atoms with van der Waals surface area (Å²) in [5.74, 6) is 0.530. The van der Waals surface area contributed by atoms with Gasteiger partial charge in [0, 0.05) is 11.6 Å². The number of methoxy groups -OCH3 is 1. The van der Waals surface area contributed by atoms with E-state index >= 15 is 0 Å². The minimum atomic E-state index is -0.556. The van der Waals surface area contributed by atoms with Crippen LogP contribution in [-0.4, -0.2) is 17.1 Å². The lowest BCUT2D eigenvalue weighted by molar-refractivity contribution is 0.415. The zero-order valence-electron chi connectivity index (χ0n) is 8.91. The molecule has 2 N–H and O–H groups in total. The minimum absolute atomic E-state index is 0.406. The van der Waals surface area contributed by atoms with Crippen LogP contribution in [0.4, 0.5) is 0 Å². The minimum Gasteiger partial charge on any atom is -0.495 e. The van der Waals surface area contributed by atoms with E-state index in [0.29, 0.717) is 22.0 Å². The van der Waals surface area contributed by atoms with Crippen molar-refractivity contribution in [2.24, 2.45) is 0 Å². The number of ether oxygens (including phenoxy) is 1. The van der Waals surface area contributed by atoms with Crippen LogP contribution in [0.3, 0.4) is 0 Å². The van der Waals surface area contributed by atoms with Crippen molar-refractivity contribution in [3.05, 3.63) is 50.1 Å². The van der Waals surface area contributed by atoms with Gasteiger partial charge in [-0.1, -0.05) is 11.6 Å². The van der Waals surface area contributed by atoms with E-state index in [1.54, 1.807) is 18.2 Å². The summed E-state index contributed by atoms with van der Waals surface area (Å²) in [5, 5.41) is 0.408. The van der Waals surface area contributed by atoms with Crippen molar-refractivity contribution in [1.29, 1.82) is 0 Å². The van der Waals surface area contributed by atoms with Crippen molar-refractivity contribution in [3.8, 4) is 17.0 Å². The molecule has 0 atom stereocenters. The number of aromatic amines is 2. The highest BCUT2D eigenvalue weighted by Crippen LogP contribution is 2.28. The standard InChI is InChI=1S/C11H9ClN2O3/c1-17-9-3-2-6(4-7(9)12)8-5-10(15)14-11(16)13-8/h2-5H,1H3,(H2,13,14,15,16). The van der Waals surface area contributed by atoms with Crippen LogP contribution in [0.15, 0.2) is 33.9 Å². The van der Waals surface area contributed by atoms with Gasteiger partial charge in [0.15, 0.2) is 0 Å². The molecule has 2 aromatic rings. The fourth-order valence-corrected chi connectivity index (χ4v) is 1.72. The predicted molar refractivity (Wildman–Crippen MR) is 64.7 cm³/mol. The van der Waals surface area contributed by atoms with Gasteiger partial charge in [0.1, 0.15) is 5.75 Å². The molecule has 0 aliphatic carbocycles. The monoisotopic (exact) mass is 252 g/mol. The quantitative estimate of drug-likeness (QED) is 0.848. The second-order valence-electron chi connectivity index (χ2n) is 3.35. The van der Waals surface area contributed by atoms with Gasteiger partial charge in [-0.25, -0.2) is 4.79 Å². The molecule has 5 nitrogen and oxygen atoms in total. The maximum absolute atomic E-state index is 11.2. The molecule has 0 aliphatic rings. The third-order valence-corrected chi connectivity index (χ3v) is 2.52. The Bertz CT molecular complexity index is 632. The maximum Gasteiger partial charge on any atom is 0.326 e. The summed E-state index contributed by atoms with van der Waals surface area (Å²) in [6, 6.07) is 6.28. The lowest BCUT2D eigenvalue weighted by atomic mass is 10.1. The van der Waals surface area contributed by atoms with Gasteiger partial charge >= 0.3 is 5.69 Å². The first kappa shape index (κ1) is 11.5. The second kappa shape index (κ2) is 4.47. The number of aromatic nitrogens is 2. The summed E-state index contributed by atoms with van der Waals surface area (Å²) in [6.45, 7) is 0. The highest BCUT2D eigenvalue weighted by Gasteiger charge is 2.05. The fraction of sp³-hybridized carbons (Fsp3) is 0.0909. The molecule has 0 amide bonds. The number of hydrogen-bond acceptors (Lipinski definition) is 3. The molecule has 1 aromatic carbocycles. The highest BCUT2D eigenvalue weighted by atomic mass is 35.5. The van der Waals surface area contributed by atoms with Gasteiger partial charge in [-0.05, 0) is 18.2 Å². The summed E-state index contributed by atoms with van der Waals surface area (Å²) >= 11 is 5.96. The summed E-state index contributed by atoms with van der Waals surface area (Å²) in [6.07, 6.45) is 0. The molecule has 0 unspecified atom stereocenters. The van der Waals surface area contributed by atoms with Crippen molar-refractivity contribution in [1.82, 2.24) is 9.97 Å².